The van der Waals surface area contributed by atoms with Gasteiger partial charge in [-0.05, 0) is 36.8 Å². The molecule has 0 saturated heterocycles. The van der Waals surface area contributed by atoms with Gasteiger partial charge < -0.3 is 5.32 Å². The number of hydrogen-bond donors (Lipinski definition) is 2. The normalized spacial score (nSPS) is 10.5. The third-order valence-corrected chi connectivity index (χ3v) is 4.91. The van der Waals surface area contributed by atoms with Crippen LogP contribution < -0.4 is 10.6 Å². The predicted octanol–water partition coefficient (Wildman–Crippen LogP) is 5.39. The lowest BCUT2D eigenvalue weighted by Gasteiger charge is -2.05. The molecular weight excluding hydrogens is 379 g/mol. The Labute approximate surface area is 159 Å². The first-order valence-electron chi connectivity index (χ1n) is 7.40. The van der Waals surface area contributed by atoms with E-state index < -0.39 is 0 Å². The molecule has 0 aliphatic heterocycles. The molecule has 1 heterocycles. The Morgan fingerprint density at radius 1 is 1.04 bits per heavy atom. The molecule has 5 nitrogen and oxygen atoms in total. The van der Waals surface area contributed by atoms with Gasteiger partial charge in [-0.1, -0.05) is 58.3 Å². The average Bonchev–Trinajstić information content (AvgIpc) is 3.00. The standard InChI is InChI=1S/C17H14Cl2N4OS/c1-10-2-5-12(6-3-10)20-16(24)21-17-23-22-15(25-17)9-11-4-7-13(18)14(19)8-11/h2-8H,9H2,1H3,(H2,20,21,23,24). The van der Waals surface area contributed by atoms with Crippen LogP contribution in [0.5, 0.6) is 0 Å². The SMILES string of the molecule is Cc1ccc(NC(=O)Nc2nnc(Cc3ccc(Cl)c(Cl)c3)s2)cc1. The van der Waals surface area contributed by atoms with E-state index in [1.165, 1.54) is 11.3 Å². The molecule has 0 spiro atoms. The van der Waals surface area contributed by atoms with Crippen molar-refractivity contribution in [3.05, 3.63) is 68.6 Å². The lowest BCUT2D eigenvalue weighted by atomic mass is 10.2. The zero-order valence-corrected chi connectivity index (χ0v) is 15.5. The minimum Gasteiger partial charge on any atom is -0.308 e. The Morgan fingerprint density at radius 2 is 1.80 bits per heavy atom. The molecule has 0 saturated carbocycles. The van der Waals surface area contributed by atoms with E-state index in [-0.39, 0.29) is 6.03 Å². The molecule has 2 amide bonds. The zero-order chi connectivity index (χ0) is 17.8. The second kappa shape index (κ2) is 7.82. The van der Waals surface area contributed by atoms with Crippen LogP contribution in [0.25, 0.3) is 0 Å². The number of urea groups is 1. The highest BCUT2D eigenvalue weighted by molar-refractivity contribution is 7.15. The minimum atomic E-state index is -0.360. The molecule has 0 fully saturated rings. The van der Waals surface area contributed by atoms with Gasteiger partial charge in [0, 0.05) is 12.1 Å². The summed E-state index contributed by atoms with van der Waals surface area (Å²) in [5.41, 5.74) is 2.81. The van der Waals surface area contributed by atoms with Crippen LogP contribution in [-0.4, -0.2) is 16.2 Å². The highest BCUT2D eigenvalue weighted by atomic mass is 35.5. The Morgan fingerprint density at radius 3 is 2.52 bits per heavy atom. The fourth-order valence-electron chi connectivity index (χ4n) is 2.10. The molecule has 3 aromatic rings. The topological polar surface area (TPSA) is 66.9 Å². The first-order chi connectivity index (χ1) is 12.0. The largest absolute Gasteiger partial charge is 0.325 e. The van der Waals surface area contributed by atoms with Gasteiger partial charge in [-0.15, -0.1) is 10.2 Å². The fraction of sp³-hybridized carbons (Fsp3) is 0.118. The molecule has 0 atom stereocenters. The molecule has 0 unspecified atom stereocenters. The highest BCUT2D eigenvalue weighted by Crippen LogP contribution is 2.25. The van der Waals surface area contributed by atoms with Crippen LogP contribution in [0, 0.1) is 6.92 Å². The van der Waals surface area contributed by atoms with Gasteiger partial charge in [0.25, 0.3) is 0 Å². The maximum Gasteiger partial charge on any atom is 0.325 e. The fourth-order valence-corrected chi connectivity index (χ4v) is 3.19. The number of carbonyl (C=O) groups excluding carboxylic acids is 1. The van der Waals surface area contributed by atoms with Gasteiger partial charge >= 0.3 is 6.03 Å². The molecule has 128 valence electrons. The lowest BCUT2D eigenvalue weighted by Crippen LogP contribution is -2.19. The van der Waals surface area contributed by atoms with Gasteiger partial charge in [-0.25, -0.2) is 4.79 Å². The number of benzene rings is 2. The predicted molar refractivity (Wildman–Crippen MR) is 103 cm³/mol. The van der Waals surface area contributed by atoms with Gasteiger partial charge in [-0.3, -0.25) is 5.32 Å². The Balaban J connectivity index is 1.60. The summed E-state index contributed by atoms with van der Waals surface area (Å²) in [4.78, 5) is 12.0. The Hall–Kier alpha value is -2.15. The van der Waals surface area contributed by atoms with Gasteiger partial charge in [0.15, 0.2) is 0 Å². The van der Waals surface area contributed by atoms with Crippen LogP contribution >= 0.6 is 34.5 Å². The van der Waals surface area contributed by atoms with Crippen LogP contribution in [0.1, 0.15) is 16.1 Å². The number of halogens is 2. The number of hydrogen-bond acceptors (Lipinski definition) is 4. The van der Waals surface area contributed by atoms with E-state index >= 15 is 0 Å². The summed E-state index contributed by atoms with van der Waals surface area (Å²) < 4.78 is 0. The summed E-state index contributed by atoms with van der Waals surface area (Å²) in [5.74, 6) is 0. The van der Waals surface area contributed by atoms with Crippen molar-refractivity contribution in [3.8, 4) is 0 Å². The Bertz CT molecular complexity index is 896. The van der Waals surface area contributed by atoms with Crippen molar-refractivity contribution in [3.63, 3.8) is 0 Å². The quantitative estimate of drug-likeness (QED) is 0.625. The van der Waals surface area contributed by atoms with Crippen molar-refractivity contribution in [2.45, 2.75) is 13.3 Å². The second-order valence-corrected chi connectivity index (χ2v) is 7.25. The van der Waals surface area contributed by atoms with Crippen LogP contribution in [0.3, 0.4) is 0 Å². The molecule has 2 aromatic carbocycles. The minimum absolute atomic E-state index is 0.360. The van der Waals surface area contributed by atoms with Crippen molar-refractivity contribution >= 4 is 51.4 Å². The summed E-state index contributed by atoms with van der Waals surface area (Å²) in [6.07, 6.45) is 0.565. The molecule has 25 heavy (non-hydrogen) atoms. The van der Waals surface area contributed by atoms with Crippen LogP contribution in [0.2, 0.25) is 10.0 Å². The number of rotatable bonds is 4. The maximum atomic E-state index is 12.0. The van der Waals surface area contributed by atoms with E-state index in [0.29, 0.717) is 27.3 Å². The Kier molecular flexibility index (Phi) is 5.53. The monoisotopic (exact) mass is 392 g/mol. The summed E-state index contributed by atoms with van der Waals surface area (Å²) in [7, 11) is 0. The number of aromatic nitrogens is 2. The van der Waals surface area contributed by atoms with E-state index in [4.69, 9.17) is 23.2 Å². The number of carbonyl (C=O) groups is 1. The van der Waals surface area contributed by atoms with Crippen LogP contribution in [-0.2, 0) is 6.42 Å². The molecule has 0 radical (unpaired) electrons. The van der Waals surface area contributed by atoms with Crippen molar-refractivity contribution < 1.29 is 4.79 Å². The molecule has 0 aliphatic rings. The molecule has 0 aliphatic carbocycles. The molecule has 0 bridgehead atoms. The number of anilines is 2. The molecule has 3 rings (SSSR count). The number of nitrogens with one attached hydrogen (secondary N) is 2. The van der Waals surface area contributed by atoms with Crippen LogP contribution in [0.15, 0.2) is 42.5 Å². The molecule has 8 heteroatoms. The first kappa shape index (κ1) is 17.7. The lowest BCUT2D eigenvalue weighted by molar-refractivity contribution is 0.262. The number of aryl methyl sites for hydroxylation is 1. The van der Waals surface area contributed by atoms with E-state index in [0.717, 1.165) is 16.1 Å². The van der Waals surface area contributed by atoms with Crippen molar-refractivity contribution in [1.82, 2.24) is 10.2 Å². The average molecular weight is 393 g/mol. The molecular formula is C17H14Cl2N4OS. The number of nitrogens with zero attached hydrogens (tertiary/aromatic N) is 2. The van der Waals surface area contributed by atoms with E-state index in [1.54, 1.807) is 12.1 Å². The molecule has 2 N–H and O–H groups in total. The van der Waals surface area contributed by atoms with Crippen molar-refractivity contribution in [1.29, 1.82) is 0 Å². The highest BCUT2D eigenvalue weighted by Gasteiger charge is 2.10. The van der Waals surface area contributed by atoms with E-state index in [9.17, 15) is 4.79 Å². The van der Waals surface area contributed by atoms with E-state index in [1.807, 2.05) is 37.3 Å². The smallest absolute Gasteiger partial charge is 0.308 e. The van der Waals surface area contributed by atoms with Crippen LogP contribution in [0.4, 0.5) is 15.6 Å². The third-order valence-electron chi connectivity index (χ3n) is 3.34. The summed E-state index contributed by atoms with van der Waals surface area (Å²) >= 11 is 13.2. The van der Waals surface area contributed by atoms with Crippen molar-refractivity contribution in [2.75, 3.05) is 10.6 Å². The summed E-state index contributed by atoms with van der Waals surface area (Å²) in [6, 6.07) is 12.6. The van der Waals surface area contributed by atoms with Gasteiger partial charge in [0.2, 0.25) is 5.13 Å². The van der Waals surface area contributed by atoms with Gasteiger partial charge in [-0.2, -0.15) is 0 Å². The van der Waals surface area contributed by atoms with Gasteiger partial charge in [0.05, 0.1) is 10.0 Å². The summed E-state index contributed by atoms with van der Waals surface area (Å²) in [6.45, 7) is 1.99. The number of amides is 2. The first-order valence-corrected chi connectivity index (χ1v) is 8.98. The maximum absolute atomic E-state index is 12.0. The zero-order valence-electron chi connectivity index (χ0n) is 13.2. The van der Waals surface area contributed by atoms with Gasteiger partial charge in [0.1, 0.15) is 5.01 Å². The van der Waals surface area contributed by atoms with E-state index in [2.05, 4.69) is 20.8 Å². The van der Waals surface area contributed by atoms with Crippen molar-refractivity contribution in [2.24, 2.45) is 0 Å². The second-order valence-electron chi connectivity index (χ2n) is 5.37. The third kappa shape index (κ3) is 4.92. The molecule has 1 aromatic heterocycles. The summed E-state index contributed by atoms with van der Waals surface area (Å²) in [5, 5.41) is 15.7.